The zero-order valence-corrected chi connectivity index (χ0v) is 18.2. The van der Waals surface area contributed by atoms with Crippen molar-refractivity contribution in [3.05, 3.63) is 83.9 Å². The zero-order valence-electron chi connectivity index (χ0n) is 18.2. The van der Waals surface area contributed by atoms with Gasteiger partial charge in [0, 0.05) is 38.8 Å². The number of pyridine rings is 1. The second kappa shape index (κ2) is 8.86. The molecule has 1 atom stereocenters. The lowest BCUT2D eigenvalue weighted by Crippen LogP contribution is -2.51. The first-order valence-electron chi connectivity index (χ1n) is 11.1. The molecule has 2 aliphatic rings. The number of aryl methyl sites for hydroxylation is 1. The van der Waals surface area contributed by atoms with Gasteiger partial charge in [0.05, 0.1) is 12.0 Å². The fraction of sp³-hybridized carbons (Fsp3) is 0.320. The van der Waals surface area contributed by atoms with Crippen molar-refractivity contribution < 1.29 is 9.21 Å². The van der Waals surface area contributed by atoms with E-state index in [0.717, 1.165) is 42.4 Å². The molecule has 7 heteroatoms. The maximum Gasteiger partial charge on any atom is 0.244 e. The van der Waals surface area contributed by atoms with Crippen molar-refractivity contribution in [2.45, 2.75) is 19.4 Å². The second-order valence-electron chi connectivity index (χ2n) is 8.30. The number of rotatable bonds is 5. The molecule has 0 unspecified atom stereocenters. The van der Waals surface area contributed by atoms with Gasteiger partial charge in [-0.2, -0.15) is 5.10 Å². The summed E-state index contributed by atoms with van der Waals surface area (Å²) in [4.78, 5) is 21.7. The first kappa shape index (κ1) is 20.3. The highest BCUT2D eigenvalue weighted by Gasteiger charge is 2.33. The van der Waals surface area contributed by atoms with Crippen molar-refractivity contribution in [1.82, 2.24) is 14.9 Å². The van der Waals surface area contributed by atoms with Crippen LogP contribution in [0.25, 0.3) is 0 Å². The Labute approximate surface area is 188 Å². The minimum atomic E-state index is -0.0694. The number of aromatic nitrogens is 1. The number of amides is 1. The van der Waals surface area contributed by atoms with Gasteiger partial charge in [0.2, 0.25) is 5.91 Å². The highest BCUT2D eigenvalue weighted by molar-refractivity contribution is 6.02. The van der Waals surface area contributed by atoms with Crippen LogP contribution in [-0.4, -0.2) is 59.2 Å². The van der Waals surface area contributed by atoms with Gasteiger partial charge < -0.3 is 14.2 Å². The molecule has 7 nitrogen and oxygen atoms in total. The topological polar surface area (TPSA) is 65.2 Å². The average Bonchev–Trinajstić information content (AvgIpc) is 3.50. The minimum Gasteiger partial charge on any atom is -0.467 e. The molecule has 1 amide bonds. The molecular weight excluding hydrogens is 402 g/mol. The molecule has 0 N–H and O–H groups in total. The smallest absolute Gasteiger partial charge is 0.244 e. The van der Waals surface area contributed by atoms with E-state index in [0.29, 0.717) is 13.1 Å². The number of carbonyl (C=O) groups is 1. The molecular formula is C25H27N5O2. The molecule has 2 aromatic heterocycles. The average molecular weight is 430 g/mol. The summed E-state index contributed by atoms with van der Waals surface area (Å²) in [7, 11) is 0. The molecule has 32 heavy (non-hydrogen) atoms. The van der Waals surface area contributed by atoms with Gasteiger partial charge in [-0.1, -0.05) is 35.9 Å². The predicted octanol–water partition coefficient (Wildman–Crippen LogP) is 3.48. The molecule has 0 saturated carbocycles. The van der Waals surface area contributed by atoms with Gasteiger partial charge in [-0.15, -0.1) is 0 Å². The standard InChI is InChI=1S/C25H27N5O2/c1-19-7-9-20(10-8-19)21-17-22(23-5-4-16-32-23)30(27-21)18-25(31)29-14-12-28(13-15-29)24-6-2-3-11-26-24/h2-11,16,22H,12-15,17-18H2,1H3/t22-/m0/s1. The summed E-state index contributed by atoms with van der Waals surface area (Å²) in [6.07, 6.45) is 4.20. The maximum absolute atomic E-state index is 13.2. The first-order valence-corrected chi connectivity index (χ1v) is 11.1. The van der Waals surface area contributed by atoms with Gasteiger partial charge >= 0.3 is 0 Å². The third-order valence-corrected chi connectivity index (χ3v) is 6.15. The molecule has 0 radical (unpaired) electrons. The predicted molar refractivity (Wildman–Crippen MR) is 124 cm³/mol. The molecule has 0 aliphatic carbocycles. The largest absolute Gasteiger partial charge is 0.467 e. The number of nitrogens with zero attached hydrogens (tertiary/aromatic N) is 5. The van der Waals surface area contributed by atoms with Crippen LogP contribution >= 0.6 is 0 Å². The van der Waals surface area contributed by atoms with Crippen LogP contribution in [0.3, 0.4) is 0 Å². The quantitative estimate of drug-likeness (QED) is 0.621. The Hall–Kier alpha value is -3.61. The summed E-state index contributed by atoms with van der Waals surface area (Å²) in [5.74, 6) is 1.89. The molecule has 1 saturated heterocycles. The van der Waals surface area contributed by atoms with Crippen molar-refractivity contribution in [3.8, 4) is 0 Å². The molecule has 0 spiro atoms. The number of furan rings is 1. The van der Waals surface area contributed by atoms with Crippen LogP contribution in [0.4, 0.5) is 5.82 Å². The summed E-state index contributed by atoms with van der Waals surface area (Å²) < 4.78 is 5.69. The van der Waals surface area contributed by atoms with E-state index in [9.17, 15) is 4.79 Å². The fourth-order valence-electron chi connectivity index (χ4n) is 4.31. The fourth-order valence-corrected chi connectivity index (χ4v) is 4.31. The van der Waals surface area contributed by atoms with Crippen LogP contribution in [0.5, 0.6) is 0 Å². The van der Waals surface area contributed by atoms with Gasteiger partial charge in [0.15, 0.2) is 0 Å². The Morgan fingerprint density at radius 3 is 2.53 bits per heavy atom. The lowest BCUT2D eigenvalue weighted by molar-refractivity contribution is -0.133. The van der Waals surface area contributed by atoms with Crippen LogP contribution < -0.4 is 4.90 Å². The number of benzene rings is 1. The highest BCUT2D eigenvalue weighted by Crippen LogP contribution is 2.33. The van der Waals surface area contributed by atoms with E-state index in [1.54, 1.807) is 12.5 Å². The normalized spacial score (nSPS) is 18.7. The van der Waals surface area contributed by atoms with Gasteiger partial charge in [0.1, 0.15) is 24.2 Å². The third kappa shape index (κ3) is 4.23. The van der Waals surface area contributed by atoms with E-state index < -0.39 is 0 Å². The van der Waals surface area contributed by atoms with Crippen molar-refractivity contribution in [2.24, 2.45) is 5.10 Å². The SMILES string of the molecule is Cc1ccc(C2=NN(CC(=O)N3CCN(c4ccccn4)CC3)[C@H](c3ccco3)C2)cc1. The molecule has 0 bridgehead atoms. The molecule has 1 aromatic carbocycles. The molecule has 164 valence electrons. The van der Waals surface area contributed by atoms with Crippen molar-refractivity contribution in [3.63, 3.8) is 0 Å². The Morgan fingerprint density at radius 1 is 1.03 bits per heavy atom. The van der Waals surface area contributed by atoms with Gasteiger partial charge in [-0.05, 0) is 36.8 Å². The lowest BCUT2D eigenvalue weighted by atomic mass is 10.0. The second-order valence-corrected chi connectivity index (χ2v) is 8.30. The Kier molecular flexibility index (Phi) is 5.62. The number of hydrogen-bond acceptors (Lipinski definition) is 6. The molecule has 2 aliphatic heterocycles. The summed E-state index contributed by atoms with van der Waals surface area (Å²) in [6, 6.07) is 18.1. The summed E-state index contributed by atoms with van der Waals surface area (Å²) in [6.45, 7) is 5.24. The molecule has 1 fully saturated rings. The first-order chi connectivity index (χ1) is 15.7. The van der Waals surface area contributed by atoms with E-state index in [2.05, 4.69) is 41.1 Å². The van der Waals surface area contributed by atoms with Crippen LogP contribution in [0.2, 0.25) is 0 Å². The van der Waals surface area contributed by atoms with Crippen LogP contribution in [-0.2, 0) is 4.79 Å². The van der Waals surface area contributed by atoms with Gasteiger partial charge in [0.25, 0.3) is 0 Å². The van der Waals surface area contributed by atoms with Crippen LogP contribution in [0.1, 0.15) is 29.3 Å². The van der Waals surface area contributed by atoms with Crippen LogP contribution in [0.15, 0.2) is 76.6 Å². The third-order valence-electron chi connectivity index (χ3n) is 6.15. The number of piperazine rings is 1. The maximum atomic E-state index is 13.2. The number of hydrogen-bond donors (Lipinski definition) is 0. The summed E-state index contributed by atoms with van der Waals surface area (Å²) in [5.41, 5.74) is 3.29. The summed E-state index contributed by atoms with van der Waals surface area (Å²) >= 11 is 0. The molecule has 3 aromatic rings. The summed E-state index contributed by atoms with van der Waals surface area (Å²) in [5, 5.41) is 6.74. The Bertz CT molecular complexity index is 1070. The minimum absolute atomic E-state index is 0.0694. The molecule has 4 heterocycles. The monoisotopic (exact) mass is 429 g/mol. The number of hydrazone groups is 1. The number of anilines is 1. The van der Waals surface area contributed by atoms with E-state index in [-0.39, 0.29) is 18.5 Å². The Balaban J connectivity index is 1.27. The highest BCUT2D eigenvalue weighted by atomic mass is 16.3. The number of carbonyl (C=O) groups excluding carboxylic acids is 1. The van der Waals surface area contributed by atoms with E-state index in [1.807, 2.05) is 40.2 Å². The van der Waals surface area contributed by atoms with E-state index >= 15 is 0 Å². The van der Waals surface area contributed by atoms with Crippen molar-refractivity contribution in [2.75, 3.05) is 37.6 Å². The van der Waals surface area contributed by atoms with Gasteiger partial charge in [-0.25, -0.2) is 4.98 Å². The van der Waals surface area contributed by atoms with E-state index in [4.69, 9.17) is 9.52 Å². The zero-order chi connectivity index (χ0) is 21.9. The molecule has 5 rings (SSSR count). The van der Waals surface area contributed by atoms with Crippen molar-refractivity contribution in [1.29, 1.82) is 0 Å². The van der Waals surface area contributed by atoms with Crippen molar-refractivity contribution >= 4 is 17.4 Å². The van der Waals surface area contributed by atoms with E-state index in [1.165, 1.54) is 5.56 Å². The Morgan fingerprint density at radius 2 is 1.84 bits per heavy atom. The lowest BCUT2D eigenvalue weighted by Gasteiger charge is -2.36. The van der Waals surface area contributed by atoms with Crippen LogP contribution in [0, 0.1) is 6.92 Å². The van der Waals surface area contributed by atoms with Gasteiger partial charge in [-0.3, -0.25) is 9.80 Å².